The van der Waals surface area contributed by atoms with Crippen LogP contribution in [0.2, 0.25) is 0 Å². The molecule has 0 unspecified atom stereocenters. The van der Waals surface area contributed by atoms with Gasteiger partial charge in [-0.1, -0.05) is 92.6 Å². The number of benzene rings is 1. The average molecular weight is 1480 g/mol. The van der Waals surface area contributed by atoms with Crippen molar-refractivity contribution in [3.63, 3.8) is 0 Å². The second kappa shape index (κ2) is 50.5. The van der Waals surface area contributed by atoms with Gasteiger partial charge in [-0.25, -0.2) is 19.2 Å². The third-order valence-electron chi connectivity index (χ3n) is 11.5. The van der Waals surface area contributed by atoms with Crippen molar-refractivity contribution < 1.29 is 126 Å². The van der Waals surface area contributed by atoms with Gasteiger partial charge in [-0.3, -0.25) is 24.0 Å². The van der Waals surface area contributed by atoms with Crippen LogP contribution in [0.5, 0.6) is 0 Å². The molecule has 0 heterocycles. The number of nitrogens with two attached hydrogens (primary N) is 1. The first-order valence-corrected chi connectivity index (χ1v) is 30.3. The van der Waals surface area contributed by atoms with E-state index in [1.807, 2.05) is 92.6 Å². The Hall–Kier alpha value is -6.90. The number of esters is 6. The Morgan fingerprint density at radius 3 is 0.948 bits per heavy atom. The van der Waals surface area contributed by atoms with Crippen molar-refractivity contribution in [1.29, 1.82) is 0 Å². The maximum atomic E-state index is 12.9. The van der Waals surface area contributed by atoms with E-state index in [9.17, 15) is 43.2 Å². The molecule has 0 aliphatic carbocycles. The number of nitrogens with one attached hydrogen (secondary N) is 4. The van der Waals surface area contributed by atoms with Crippen LogP contribution >= 0.6 is 12.4 Å². The fourth-order valence-corrected chi connectivity index (χ4v) is 7.15. The normalized spacial score (nSPS) is 12.6. The number of rotatable bonds is 23. The molecule has 4 amide bonds. The van der Waals surface area contributed by atoms with Crippen LogP contribution in [0.15, 0.2) is 30.3 Å². The van der Waals surface area contributed by atoms with Crippen molar-refractivity contribution in [2.45, 2.75) is 295 Å². The van der Waals surface area contributed by atoms with Gasteiger partial charge >= 0.3 is 72.3 Å². The predicted octanol–water partition coefficient (Wildman–Crippen LogP) is 10.1. The minimum absolute atomic E-state index is 0. The molecule has 0 saturated heterocycles. The molecule has 0 bridgehead atoms. The summed E-state index contributed by atoms with van der Waals surface area (Å²) in [5, 5.41) is 19.8. The van der Waals surface area contributed by atoms with Gasteiger partial charge in [-0.05, 0) is 158 Å². The molecule has 0 radical (unpaired) electrons. The Kier molecular flexibility index (Phi) is 55.3. The van der Waals surface area contributed by atoms with Crippen LogP contribution in [0, 0.1) is 23.7 Å². The van der Waals surface area contributed by atoms with Gasteiger partial charge in [0.1, 0.15) is 46.7 Å². The molecule has 1 aromatic rings. The quantitative estimate of drug-likeness (QED) is 0.0257. The summed E-state index contributed by atoms with van der Waals surface area (Å²) in [7, 11) is 0. The summed E-state index contributed by atoms with van der Waals surface area (Å²) in [4.78, 5) is 158. The maximum Gasteiger partial charge on any atom is 0.373 e. The zero-order valence-electron chi connectivity index (χ0n) is 61.4. The number of hydrogen-bond acceptors (Lipinski definition) is 22. The number of carbonyl (C=O) groups is 9. The minimum atomic E-state index is -1.11. The summed E-state index contributed by atoms with van der Waals surface area (Å²) in [5.74, 6) is -3.81. The molecule has 1 aromatic carbocycles. The van der Waals surface area contributed by atoms with Crippen LogP contribution in [0.3, 0.4) is 0 Å². The molecule has 5 atom stereocenters. The molecule has 27 nitrogen and oxygen atoms in total. The van der Waals surface area contributed by atoms with Crippen molar-refractivity contribution in [1.82, 2.24) is 21.3 Å². The van der Waals surface area contributed by atoms with E-state index in [1.54, 1.807) is 83.1 Å². The molecule has 0 aliphatic heterocycles. The summed E-state index contributed by atoms with van der Waals surface area (Å²) in [5.41, 5.74) is 2.96. The second-order valence-electron chi connectivity index (χ2n) is 29.5. The number of halogens is 1. The van der Waals surface area contributed by atoms with E-state index < -0.39 is 82.1 Å². The van der Waals surface area contributed by atoms with Gasteiger partial charge in [0.25, 0.3) is 0 Å². The van der Waals surface area contributed by atoms with Crippen LogP contribution in [0.1, 0.15) is 236 Å². The molecular formula is C67H115ClN5O22Pd-. The van der Waals surface area contributed by atoms with Crippen LogP contribution in [0.25, 0.3) is 0 Å². The largest absolute Gasteiger partial charge is 0.481 e. The van der Waals surface area contributed by atoms with E-state index in [1.165, 1.54) is 0 Å². The fourth-order valence-electron chi connectivity index (χ4n) is 7.15. The summed E-state index contributed by atoms with van der Waals surface area (Å²) in [6, 6.07) is 5.11. The molecule has 0 aromatic heterocycles. The number of carboxylic acids is 1. The number of carbonyl (C=O) groups excluding carboxylic acids is 14. The first-order chi connectivity index (χ1) is 41.9. The van der Waals surface area contributed by atoms with E-state index >= 15 is 0 Å². The molecule has 29 heteroatoms. The number of hydrogen-bond donors (Lipinski definition) is 6. The molecule has 7 N–H and O–H groups in total. The van der Waals surface area contributed by atoms with Crippen molar-refractivity contribution in [3.8, 4) is 0 Å². The maximum absolute atomic E-state index is 12.9. The monoisotopic (exact) mass is 1480 g/mol. The predicted molar refractivity (Wildman–Crippen MR) is 353 cm³/mol. The van der Waals surface area contributed by atoms with Crippen molar-refractivity contribution in [3.05, 3.63) is 43.3 Å². The van der Waals surface area contributed by atoms with Crippen LogP contribution in [-0.4, -0.2) is 136 Å². The zero-order valence-corrected chi connectivity index (χ0v) is 63.7. The Morgan fingerprint density at radius 1 is 0.417 bits per heavy atom. The summed E-state index contributed by atoms with van der Waals surface area (Å²) in [6.45, 7) is 44.5. The SMILES string of the molecule is CC(C)(C)OC(=O)CC[C@H](N)C(C)(C)C.CC(C)(C)OC(=O)CC[C@H](NC(=O)N[C@@H](CCC(=O)O)C(=O)OC(C)(C)C)C(C)(C)C.CC(C)(C)OC(=O)CC[C@H](NC(=O)N[C@@H](CCC(=O)OCc1ccccc1)C(=O)OC(C)(C)C)C(C)(C)C.Cl.O=C=O.O=C=O.O=C=O.[CH3-].[Pd]. The Bertz CT molecular complexity index is 2520. The first-order valence-electron chi connectivity index (χ1n) is 30.3. The number of aliphatic carboxylic acids is 1. The van der Waals surface area contributed by atoms with Gasteiger partial charge < -0.3 is 68.0 Å². The third-order valence-corrected chi connectivity index (χ3v) is 11.5. The molecule has 0 aliphatic rings. The first kappa shape index (κ1) is 105. The molecule has 96 heavy (non-hydrogen) atoms. The molecule has 0 fully saturated rings. The van der Waals surface area contributed by atoms with Gasteiger partial charge in [-0.2, -0.15) is 28.8 Å². The summed E-state index contributed by atoms with van der Waals surface area (Å²) >= 11 is 0. The van der Waals surface area contributed by atoms with Crippen molar-refractivity contribution in [2.24, 2.45) is 22.0 Å². The molecule has 0 spiro atoms. The zero-order chi connectivity index (χ0) is 74.2. The van der Waals surface area contributed by atoms with E-state index in [0.717, 1.165) is 5.56 Å². The van der Waals surface area contributed by atoms with Gasteiger partial charge in [0.2, 0.25) is 0 Å². The molecule has 558 valence electrons. The molecule has 0 saturated carbocycles. The Morgan fingerprint density at radius 2 is 0.688 bits per heavy atom. The number of carboxylic acid groups (broad SMARTS) is 1. The topological polar surface area (TPSA) is 406 Å². The third kappa shape index (κ3) is 67.1. The van der Waals surface area contributed by atoms with Gasteiger partial charge in [-0.15, -0.1) is 12.4 Å². The van der Waals surface area contributed by atoms with Crippen LogP contribution < -0.4 is 27.0 Å². The summed E-state index contributed by atoms with van der Waals surface area (Å²) < 4.78 is 32.0. The van der Waals surface area contributed by atoms with Gasteiger partial charge in [0, 0.05) is 70.7 Å². The number of amides is 4. The van der Waals surface area contributed by atoms with Crippen molar-refractivity contribution in [2.75, 3.05) is 0 Å². The number of urea groups is 2. The van der Waals surface area contributed by atoms with Gasteiger partial charge in [0.15, 0.2) is 0 Å². The molecular weight excluding hydrogens is 1370 g/mol. The minimum Gasteiger partial charge on any atom is -0.481 e. The smallest absolute Gasteiger partial charge is 0.373 e. The van der Waals surface area contributed by atoms with Crippen LogP contribution in [0.4, 0.5) is 9.59 Å². The van der Waals surface area contributed by atoms with Crippen molar-refractivity contribution >= 4 is 84.7 Å². The van der Waals surface area contributed by atoms with Crippen LogP contribution in [-0.2, 0) is 118 Å². The Labute approximate surface area is 589 Å². The average Bonchev–Trinajstić information content (AvgIpc) is 0.944. The van der Waals surface area contributed by atoms with E-state index in [4.69, 9.17) is 68.0 Å². The number of ether oxygens (including phenoxy) is 6. The standard InChI is InChI=1S/C29H46N2O7.C22H40N2O7.C12H25NO2.3CO2.CH3.ClH.Pd/c1-27(2,3)22(16-18-24(33)37-28(4,5)6)31-26(35)30-21(25(34)38-29(7,8)9)15-17-23(32)36-19-20-13-11-10-12-14-20;1-20(2,3)15(11-13-17(27)30-21(4,5)6)24-19(29)23-14(10-12-16(25)26)18(28)31-22(7,8)9;1-11(2,3)9(13)7-8-10(14)15-12(4,5)6;3*2-1-3;;;/h10-14,21-22H,15-19H2,1-9H3,(H2,30,31,35);14-15H,10-13H2,1-9H3,(H,25,26)(H2,23,24,29);9H,7-8,13H2,1-6H3;;;;1H3;1H;/q;;;;;;-1;;/t21-,22-;14-,15-;9-;;;;;;/m000....../s1. The van der Waals surface area contributed by atoms with E-state index in [-0.39, 0.29) is 150 Å². The summed E-state index contributed by atoms with van der Waals surface area (Å²) in [6.07, 6.45) is 2.30. The van der Waals surface area contributed by atoms with Gasteiger partial charge in [0.05, 0.1) is 0 Å². The Balaban J connectivity index is -0.000000199. The fraction of sp³-hybridized carbons (Fsp3) is 0.716. The molecule has 1 rings (SSSR count). The van der Waals surface area contributed by atoms with E-state index in [0.29, 0.717) is 25.7 Å². The second-order valence-corrected chi connectivity index (χ2v) is 29.5. The van der Waals surface area contributed by atoms with E-state index in [2.05, 4.69) is 42.0 Å².